The van der Waals surface area contributed by atoms with Crippen molar-refractivity contribution in [1.29, 1.82) is 0 Å². The lowest BCUT2D eigenvalue weighted by Gasteiger charge is -2.09. The smallest absolute Gasteiger partial charge is 0.323 e. The maximum atomic E-state index is 11.4. The molecule has 1 rings (SSSR count). The van der Waals surface area contributed by atoms with Gasteiger partial charge in [0.25, 0.3) is 0 Å². The molecule has 2 N–H and O–H groups in total. The van der Waals surface area contributed by atoms with Crippen molar-refractivity contribution in [2.45, 2.75) is 12.2 Å². The van der Waals surface area contributed by atoms with E-state index in [0.29, 0.717) is 0 Å². The van der Waals surface area contributed by atoms with Gasteiger partial charge in [-0.15, -0.1) is 0 Å². The zero-order valence-corrected chi connectivity index (χ0v) is 8.73. The predicted molar refractivity (Wildman–Crippen MR) is 53.9 cm³/mol. The van der Waals surface area contributed by atoms with Gasteiger partial charge in [0, 0.05) is 6.20 Å². The lowest BCUT2D eigenvalue weighted by atomic mass is 10.5. The van der Waals surface area contributed by atoms with Crippen LogP contribution in [0, 0.1) is 0 Å². The molecular weight excluding hydrogens is 220 g/mol. The summed E-state index contributed by atoms with van der Waals surface area (Å²) in [6, 6.07) is 4.65. The normalized spacial score (nSPS) is 13.1. The number of aliphatic carboxylic acids is 1. The third-order valence-electron chi connectivity index (χ3n) is 1.72. The summed E-state index contributed by atoms with van der Waals surface area (Å²) in [6.07, 6.45) is 1.41. The van der Waals surface area contributed by atoms with Crippen molar-refractivity contribution in [2.24, 2.45) is 0 Å². The first-order chi connectivity index (χ1) is 6.93. The van der Waals surface area contributed by atoms with E-state index in [1.54, 1.807) is 12.1 Å². The molecule has 0 spiro atoms. The highest BCUT2D eigenvalue weighted by atomic mass is 32.2. The molecule has 1 unspecified atom stereocenters. The van der Waals surface area contributed by atoms with Crippen LogP contribution in [0.1, 0.15) is 6.92 Å². The first-order valence-corrected chi connectivity index (χ1v) is 5.63. The molecule has 15 heavy (non-hydrogen) atoms. The molecule has 0 aliphatic rings. The third-order valence-corrected chi connectivity index (χ3v) is 3.35. The van der Waals surface area contributed by atoms with Gasteiger partial charge in [-0.1, -0.05) is 6.07 Å². The van der Waals surface area contributed by atoms with Crippen molar-refractivity contribution >= 4 is 21.8 Å². The van der Waals surface area contributed by atoms with E-state index in [1.165, 1.54) is 12.3 Å². The van der Waals surface area contributed by atoms with E-state index in [4.69, 9.17) is 5.11 Å². The van der Waals surface area contributed by atoms with Crippen LogP contribution in [0.4, 0.5) is 5.82 Å². The Labute approximate surface area is 87.0 Å². The van der Waals surface area contributed by atoms with E-state index < -0.39 is 21.2 Å². The molecule has 1 aromatic heterocycles. The fourth-order valence-corrected chi connectivity index (χ4v) is 1.64. The number of hydrogen-bond donors (Lipinski definition) is 2. The number of carbonyl (C=O) groups is 1. The summed E-state index contributed by atoms with van der Waals surface area (Å²) in [4.78, 5) is 14.2. The molecule has 0 aromatic carbocycles. The number of anilines is 1. The van der Waals surface area contributed by atoms with Crippen LogP contribution in [-0.4, -0.2) is 29.7 Å². The molecule has 0 amide bonds. The first kappa shape index (κ1) is 11.4. The number of sulfonamides is 1. The van der Waals surface area contributed by atoms with Crippen LogP contribution in [0.2, 0.25) is 0 Å². The van der Waals surface area contributed by atoms with Gasteiger partial charge in [-0.3, -0.25) is 9.52 Å². The summed E-state index contributed by atoms with van der Waals surface area (Å²) in [6.45, 7) is 1.09. The molecule has 0 saturated carbocycles. The average Bonchev–Trinajstić information content (AvgIpc) is 2.17. The Morgan fingerprint density at radius 2 is 2.20 bits per heavy atom. The number of nitrogens with one attached hydrogen (secondary N) is 1. The Kier molecular flexibility index (Phi) is 3.25. The Balaban J connectivity index is 2.87. The Morgan fingerprint density at radius 1 is 1.53 bits per heavy atom. The molecule has 0 radical (unpaired) electrons. The molecule has 1 atom stereocenters. The predicted octanol–water partition coefficient (Wildman–Crippen LogP) is 0.296. The summed E-state index contributed by atoms with van der Waals surface area (Å²) in [5.74, 6) is -1.30. The van der Waals surface area contributed by atoms with E-state index in [-0.39, 0.29) is 5.82 Å². The van der Waals surface area contributed by atoms with Gasteiger partial charge in [-0.05, 0) is 19.1 Å². The SMILES string of the molecule is CC(C(=O)O)S(=O)(=O)Nc1ccccn1. The van der Waals surface area contributed by atoms with Gasteiger partial charge in [0.2, 0.25) is 10.0 Å². The third kappa shape index (κ3) is 2.91. The highest BCUT2D eigenvalue weighted by Crippen LogP contribution is 2.08. The minimum atomic E-state index is -3.92. The number of hydrogen-bond acceptors (Lipinski definition) is 4. The zero-order chi connectivity index (χ0) is 11.5. The highest BCUT2D eigenvalue weighted by molar-refractivity contribution is 7.94. The second-order valence-electron chi connectivity index (χ2n) is 2.84. The van der Waals surface area contributed by atoms with Crippen LogP contribution in [0.15, 0.2) is 24.4 Å². The summed E-state index contributed by atoms with van der Waals surface area (Å²) in [5.41, 5.74) is 0. The van der Waals surface area contributed by atoms with E-state index >= 15 is 0 Å². The minimum Gasteiger partial charge on any atom is -0.480 e. The number of nitrogens with zero attached hydrogens (tertiary/aromatic N) is 1. The number of carboxylic acid groups (broad SMARTS) is 1. The Morgan fingerprint density at radius 3 is 2.67 bits per heavy atom. The molecule has 0 saturated heterocycles. The van der Waals surface area contributed by atoms with Gasteiger partial charge in [0.15, 0.2) is 5.25 Å². The van der Waals surface area contributed by atoms with Crippen LogP contribution in [0.3, 0.4) is 0 Å². The van der Waals surface area contributed by atoms with Crippen LogP contribution in [0.5, 0.6) is 0 Å². The van der Waals surface area contributed by atoms with Crippen molar-refractivity contribution in [2.75, 3.05) is 4.72 Å². The average molecular weight is 230 g/mol. The molecular formula is C8H10N2O4S. The number of pyridine rings is 1. The molecule has 0 fully saturated rings. The second-order valence-corrected chi connectivity index (χ2v) is 4.84. The van der Waals surface area contributed by atoms with Crippen molar-refractivity contribution in [3.63, 3.8) is 0 Å². The molecule has 1 heterocycles. The molecule has 1 aromatic rings. The lowest BCUT2D eigenvalue weighted by Crippen LogP contribution is -2.32. The Bertz CT molecular complexity index is 443. The standard InChI is InChI=1S/C8H10N2O4S/c1-6(8(11)12)15(13,14)10-7-4-2-3-5-9-7/h2-6H,1H3,(H,9,10)(H,11,12). The maximum Gasteiger partial charge on any atom is 0.323 e. The van der Waals surface area contributed by atoms with E-state index in [9.17, 15) is 13.2 Å². The minimum absolute atomic E-state index is 0.102. The van der Waals surface area contributed by atoms with Gasteiger partial charge in [-0.25, -0.2) is 13.4 Å². The van der Waals surface area contributed by atoms with Crippen molar-refractivity contribution < 1.29 is 18.3 Å². The van der Waals surface area contributed by atoms with Crippen LogP contribution >= 0.6 is 0 Å². The fraction of sp³-hybridized carbons (Fsp3) is 0.250. The molecule has 7 heteroatoms. The topological polar surface area (TPSA) is 96.4 Å². The van der Waals surface area contributed by atoms with Gasteiger partial charge in [-0.2, -0.15) is 0 Å². The van der Waals surface area contributed by atoms with E-state index in [1.807, 2.05) is 0 Å². The molecule has 0 aliphatic heterocycles. The summed E-state index contributed by atoms with van der Waals surface area (Å²) >= 11 is 0. The van der Waals surface area contributed by atoms with Gasteiger partial charge in [0.1, 0.15) is 5.82 Å². The highest BCUT2D eigenvalue weighted by Gasteiger charge is 2.27. The molecule has 0 bridgehead atoms. The van der Waals surface area contributed by atoms with Gasteiger partial charge >= 0.3 is 5.97 Å². The van der Waals surface area contributed by atoms with E-state index in [2.05, 4.69) is 9.71 Å². The molecule has 6 nitrogen and oxygen atoms in total. The number of aromatic nitrogens is 1. The fourth-order valence-electron chi connectivity index (χ4n) is 0.790. The Hall–Kier alpha value is -1.63. The van der Waals surface area contributed by atoms with E-state index in [0.717, 1.165) is 6.92 Å². The van der Waals surface area contributed by atoms with Crippen molar-refractivity contribution in [3.8, 4) is 0 Å². The summed E-state index contributed by atoms with van der Waals surface area (Å²) < 4.78 is 24.9. The summed E-state index contributed by atoms with van der Waals surface area (Å²) in [7, 11) is -3.92. The lowest BCUT2D eigenvalue weighted by molar-refractivity contribution is -0.136. The van der Waals surface area contributed by atoms with Crippen LogP contribution in [-0.2, 0) is 14.8 Å². The number of rotatable bonds is 4. The molecule has 0 aliphatic carbocycles. The molecule has 82 valence electrons. The van der Waals surface area contributed by atoms with Crippen LogP contribution < -0.4 is 4.72 Å². The van der Waals surface area contributed by atoms with Gasteiger partial charge in [0.05, 0.1) is 0 Å². The second kappa shape index (κ2) is 4.26. The maximum absolute atomic E-state index is 11.4. The van der Waals surface area contributed by atoms with Crippen molar-refractivity contribution in [3.05, 3.63) is 24.4 Å². The monoisotopic (exact) mass is 230 g/mol. The zero-order valence-electron chi connectivity index (χ0n) is 7.91. The largest absolute Gasteiger partial charge is 0.480 e. The summed E-state index contributed by atoms with van der Waals surface area (Å²) in [5, 5.41) is 7.04. The van der Waals surface area contributed by atoms with Gasteiger partial charge < -0.3 is 5.11 Å². The number of carboxylic acids is 1. The van der Waals surface area contributed by atoms with Crippen molar-refractivity contribution in [1.82, 2.24) is 4.98 Å². The first-order valence-electron chi connectivity index (χ1n) is 4.09. The van der Waals surface area contributed by atoms with Crippen LogP contribution in [0.25, 0.3) is 0 Å². The quantitative estimate of drug-likeness (QED) is 0.775.